The van der Waals surface area contributed by atoms with E-state index in [2.05, 4.69) is 5.32 Å². The summed E-state index contributed by atoms with van der Waals surface area (Å²) in [5, 5.41) is 12.8. The van der Waals surface area contributed by atoms with Gasteiger partial charge in [-0.15, -0.1) is 23.5 Å². The van der Waals surface area contributed by atoms with Crippen molar-refractivity contribution in [3.8, 4) is 5.75 Å². The Morgan fingerprint density at radius 3 is 2.54 bits per heavy atom. The first-order chi connectivity index (χ1) is 11.5. The molecule has 0 unspecified atom stereocenters. The van der Waals surface area contributed by atoms with Gasteiger partial charge in [0.25, 0.3) is 5.91 Å². The lowest BCUT2D eigenvalue weighted by atomic mass is 10.1. The van der Waals surface area contributed by atoms with Crippen LogP contribution in [0.2, 0.25) is 15.1 Å². The maximum absolute atomic E-state index is 12.5. The van der Waals surface area contributed by atoms with Gasteiger partial charge in [-0.25, -0.2) is 0 Å². The summed E-state index contributed by atoms with van der Waals surface area (Å²) < 4.78 is 0.374. The molecule has 8 heteroatoms. The summed E-state index contributed by atoms with van der Waals surface area (Å²) in [5.74, 6) is 1.29. The SMILES string of the molecule is O=C(Nc1cccc(C2SCCS2)c1)c1c(O)c(Cl)cc(Cl)c1Cl. The van der Waals surface area contributed by atoms with E-state index in [0.29, 0.717) is 10.3 Å². The van der Waals surface area contributed by atoms with Gasteiger partial charge in [-0.3, -0.25) is 4.79 Å². The number of carbonyl (C=O) groups excluding carboxylic acids is 1. The number of rotatable bonds is 3. The number of halogens is 3. The molecule has 0 spiro atoms. The third-order valence-corrected chi connectivity index (χ3v) is 7.59. The van der Waals surface area contributed by atoms with Gasteiger partial charge in [0.05, 0.1) is 19.6 Å². The highest BCUT2D eigenvalue weighted by atomic mass is 35.5. The van der Waals surface area contributed by atoms with Gasteiger partial charge < -0.3 is 10.4 Å². The van der Waals surface area contributed by atoms with Gasteiger partial charge in [0.1, 0.15) is 11.3 Å². The molecule has 2 aromatic carbocycles. The standard InChI is InChI=1S/C16H12Cl3NO2S2/c17-10-7-11(18)14(21)12(13(10)19)15(22)20-9-3-1-2-8(6-9)16-23-4-5-24-16/h1-3,6-7,16,21H,4-5H2,(H,20,22). The largest absolute Gasteiger partial charge is 0.505 e. The number of nitrogens with one attached hydrogen (secondary N) is 1. The number of hydrogen-bond donors (Lipinski definition) is 2. The van der Waals surface area contributed by atoms with Crippen molar-refractivity contribution < 1.29 is 9.90 Å². The quantitative estimate of drug-likeness (QED) is 0.590. The fourth-order valence-electron chi connectivity index (χ4n) is 2.30. The summed E-state index contributed by atoms with van der Waals surface area (Å²) >= 11 is 21.6. The molecule has 0 aromatic heterocycles. The van der Waals surface area contributed by atoms with Gasteiger partial charge in [-0.1, -0.05) is 46.9 Å². The van der Waals surface area contributed by atoms with E-state index in [-0.39, 0.29) is 26.4 Å². The van der Waals surface area contributed by atoms with Crippen molar-refractivity contribution in [3.05, 3.63) is 56.5 Å². The Labute approximate surface area is 163 Å². The molecule has 2 N–H and O–H groups in total. The summed E-state index contributed by atoms with van der Waals surface area (Å²) in [7, 11) is 0. The first-order valence-corrected chi connectivity index (χ1v) is 10.2. The topological polar surface area (TPSA) is 49.3 Å². The second kappa shape index (κ2) is 7.67. The zero-order valence-corrected chi connectivity index (χ0v) is 16.1. The number of phenolic OH excluding ortho intramolecular Hbond substituents is 1. The molecule has 0 radical (unpaired) electrons. The molecule has 1 fully saturated rings. The monoisotopic (exact) mass is 419 g/mol. The normalized spacial score (nSPS) is 14.8. The van der Waals surface area contributed by atoms with Crippen LogP contribution in [-0.2, 0) is 0 Å². The van der Waals surface area contributed by atoms with Crippen molar-refractivity contribution in [3.63, 3.8) is 0 Å². The average Bonchev–Trinajstić information content (AvgIpc) is 3.08. The third-order valence-electron chi connectivity index (χ3n) is 3.41. The molecule has 0 saturated carbocycles. The Hall–Kier alpha value is -0.720. The van der Waals surface area contributed by atoms with E-state index in [1.807, 2.05) is 41.7 Å². The highest BCUT2D eigenvalue weighted by Gasteiger charge is 2.22. The molecule has 1 amide bonds. The second-order valence-corrected chi connectivity index (χ2v) is 8.95. The van der Waals surface area contributed by atoms with Crippen molar-refractivity contribution >= 4 is 69.9 Å². The number of carbonyl (C=O) groups is 1. The zero-order valence-electron chi connectivity index (χ0n) is 12.2. The van der Waals surface area contributed by atoms with Crippen molar-refractivity contribution in [1.82, 2.24) is 0 Å². The number of phenols is 1. The molecule has 1 aliphatic heterocycles. The lowest BCUT2D eigenvalue weighted by molar-refractivity contribution is 0.102. The van der Waals surface area contributed by atoms with Gasteiger partial charge in [0.2, 0.25) is 0 Å². The lowest BCUT2D eigenvalue weighted by Gasteiger charge is -2.13. The van der Waals surface area contributed by atoms with Crippen LogP contribution in [-0.4, -0.2) is 22.5 Å². The Morgan fingerprint density at radius 1 is 1.12 bits per heavy atom. The Balaban J connectivity index is 1.87. The van der Waals surface area contributed by atoms with E-state index in [0.717, 1.165) is 17.1 Å². The predicted octanol–water partition coefficient (Wildman–Crippen LogP) is 6.08. The maximum atomic E-state index is 12.5. The molecule has 0 bridgehead atoms. The molecular formula is C16H12Cl3NO2S2. The lowest BCUT2D eigenvalue weighted by Crippen LogP contribution is -2.13. The summed E-state index contributed by atoms with van der Waals surface area (Å²) in [6.07, 6.45) is 0. The van der Waals surface area contributed by atoms with Gasteiger partial charge in [-0.2, -0.15) is 0 Å². The molecule has 3 nitrogen and oxygen atoms in total. The Bertz CT molecular complexity index is 769. The van der Waals surface area contributed by atoms with Crippen LogP contribution in [0.1, 0.15) is 20.5 Å². The number of benzene rings is 2. The molecule has 1 aliphatic rings. The molecular weight excluding hydrogens is 409 g/mol. The first-order valence-electron chi connectivity index (χ1n) is 6.98. The molecule has 0 atom stereocenters. The van der Waals surface area contributed by atoms with E-state index in [1.165, 1.54) is 6.07 Å². The number of aromatic hydroxyl groups is 1. The van der Waals surface area contributed by atoms with Crippen molar-refractivity contribution in [2.24, 2.45) is 0 Å². The Kier molecular flexibility index (Phi) is 5.78. The van der Waals surface area contributed by atoms with E-state index < -0.39 is 5.91 Å². The zero-order chi connectivity index (χ0) is 17.3. The highest BCUT2D eigenvalue weighted by molar-refractivity contribution is 8.19. The summed E-state index contributed by atoms with van der Waals surface area (Å²) in [5.41, 5.74) is 1.63. The van der Waals surface area contributed by atoms with Crippen LogP contribution >= 0.6 is 58.3 Å². The van der Waals surface area contributed by atoms with Gasteiger partial charge >= 0.3 is 0 Å². The molecule has 3 rings (SSSR count). The van der Waals surface area contributed by atoms with Crippen LogP contribution in [0.3, 0.4) is 0 Å². The van der Waals surface area contributed by atoms with Crippen molar-refractivity contribution in [2.75, 3.05) is 16.8 Å². The number of hydrogen-bond acceptors (Lipinski definition) is 4. The number of amides is 1. The van der Waals surface area contributed by atoms with E-state index >= 15 is 0 Å². The minimum Gasteiger partial charge on any atom is -0.505 e. The highest BCUT2D eigenvalue weighted by Crippen LogP contribution is 2.45. The van der Waals surface area contributed by atoms with Crippen LogP contribution in [0.15, 0.2) is 30.3 Å². The fourth-order valence-corrected chi connectivity index (χ4v) is 5.83. The fraction of sp³-hybridized carbons (Fsp3) is 0.188. The molecule has 0 aliphatic carbocycles. The smallest absolute Gasteiger partial charge is 0.261 e. The van der Waals surface area contributed by atoms with Crippen LogP contribution in [0.5, 0.6) is 5.75 Å². The molecule has 2 aromatic rings. The Morgan fingerprint density at radius 2 is 1.83 bits per heavy atom. The summed E-state index contributed by atoms with van der Waals surface area (Å²) in [4.78, 5) is 12.5. The van der Waals surface area contributed by atoms with Crippen LogP contribution in [0.25, 0.3) is 0 Å². The van der Waals surface area contributed by atoms with Gasteiger partial charge in [0.15, 0.2) is 0 Å². The second-order valence-electron chi connectivity index (χ2n) is 5.03. The average molecular weight is 421 g/mol. The van der Waals surface area contributed by atoms with E-state index in [1.54, 1.807) is 6.07 Å². The van der Waals surface area contributed by atoms with Crippen LogP contribution < -0.4 is 5.32 Å². The van der Waals surface area contributed by atoms with Gasteiger partial charge in [-0.05, 0) is 23.8 Å². The summed E-state index contributed by atoms with van der Waals surface area (Å²) in [6.45, 7) is 0. The van der Waals surface area contributed by atoms with Crippen molar-refractivity contribution in [1.29, 1.82) is 0 Å². The van der Waals surface area contributed by atoms with E-state index in [4.69, 9.17) is 34.8 Å². The maximum Gasteiger partial charge on any atom is 0.261 e. The molecule has 1 saturated heterocycles. The first kappa shape index (κ1) is 18.1. The van der Waals surface area contributed by atoms with Crippen LogP contribution in [0.4, 0.5) is 5.69 Å². The molecule has 126 valence electrons. The minimum absolute atomic E-state index is 0.0259. The number of anilines is 1. The predicted molar refractivity (Wildman–Crippen MR) is 105 cm³/mol. The molecule has 1 heterocycles. The van der Waals surface area contributed by atoms with Gasteiger partial charge in [0, 0.05) is 17.2 Å². The van der Waals surface area contributed by atoms with E-state index in [9.17, 15) is 9.90 Å². The summed E-state index contributed by atoms with van der Waals surface area (Å²) in [6, 6.07) is 8.92. The third kappa shape index (κ3) is 3.75. The van der Waals surface area contributed by atoms with Crippen LogP contribution in [0, 0.1) is 0 Å². The van der Waals surface area contributed by atoms with Crippen molar-refractivity contribution in [2.45, 2.75) is 4.58 Å². The molecule has 24 heavy (non-hydrogen) atoms. The number of thioether (sulfide) groups is 2. The minimum atomic E-state index is -0.564.